The van der Waals surface area contributed by atoms with Gasteiger partial charge in [-0.3, -0.25) is 0 Å². The number of alkyl halides is 1. The Morgan fingerprint density at radius 3 is 2.33 bits per heavy atom. The quantitative estimate of drug-likeness (QED) is 0.580. The van der Waals surface area contributed by atoms with Crippen molar-refractivity contribution in [2.75, 3.05) is 7.11 Å². The second kappa shape index (κ2) is 6.95. The summed E-state index contributed by atoms with van der Waals surface area (Å²) in [5.74, 6) is -0.729. The summed E-state index contributed by atoms with van der Waals surface area (Å²) < 4.78 is 32.4. The second-order valence-electron chi connectivity index (χ2n) is 4.38. The molecular weight excluding hydrogens is 385 g/mol. The molecule has 0 aromatic heterocycles. The van der Waals surface area contributed by atoms with Gasteiger partial charge in [-0.15, -0.1) is 0 Å². The van der Waals surface area contributed by atoms with Crippen LogP contribution in [0.25, 0.3) is 0 Å². The van der Waals surface area contributed by atoms with Crippen LogP contribution in [0, 0.1) is 11.6 Å². The molecule has 0 aliphatic heterocycles. The van der Waals surface area contributed by atoms with Crippen molar-refractivity contribution < 1.29 is 13.5 Å². The van der Waals surface area contributed by atoms with Crippen molar-refractivity contribution in [2.45, 2.75) is 11.2 Å². The first kappa shape index (κ1) is 16.5. The molecule has 112 valence electrons. The Morgan fingerprint density at radius 1 is 1.14 bits per heavy atom. The number of hydrogen-bond acceptors (Lipinski definition) is 1. The number of benzene rings is 2. The van der Waals surface area contributed by atoms with Crippen LogP contribution in [0.15, 0.2) is 30.3 Å². The minimum Gasteiger partial charge on any atom is -0.495 e. The van der Waals surface area contributed by atoms with Crippen LogP contribution in [-0.4, -0.2) is 7.11 Å². The predicted octanol–water partition coefficient (Wildman–Crippen LogP) is 5.96. The lowest BCUT2D eigenvalue weighted by atomic mass is 10.0. The highest BCUT2D eigenvalue weighted by molar-refractivity contribution is 9.09. The normalized spacial score (nSPS) is 12.3. The molecule has 1 atom stereocenters. The van der Waals surface area contributed by atoms with Crippen molar-refractivity contribution in [3.8, 4) is 5.75 Å². The summed E-state index contributed by atoms with van der Waals surface area (Å²) in [6, 6.07) is 6.97. The first-order chi connectivity index (χ1) is 9.93. The molecule has 0 bridgehead atoms. The van der Waals surface area contributed by atoms with Gasteiger partial charge in [-0.2, -0.15) is 0 Å². The molecule has 0 heterocycles. The van der Waals surface area contributed by atoms with E-state index in [1.54, 1.807) is 12.1 Å². The largest absolute Gasteiger partial charge is 0.495 e. The summed E-state index contributed by atoms with van der Waals surface area (Å²) in [6.45, 7) is 0. The van der Waals surface area contributed by atoms with Gasteiger partial charge in [-0.05, 0) is 30.2 Å². The van der Waals surface area contributed by atoms with Crippen LogP contribution in [0.4, 0.5) is 8.78 Å². The van der Waals surface area contributed by atoms with Gasteiger partial charge in [0, 0.05) is 21.5 Å². The molecule has 0 amide bonds. The van der Waals surface area contributed by atoms with Crippen LogP contribution < -0.4 is 4.74 Å². The Bertz CT molecular complexity index is 644. The van der Waals surface area contributed by atoms with E-state index in [-0.39, 0.29) is 16.8 Å². The molecule has 0 radical (unpaired) electrons. The number of rotatable bonds is 4. The summed E-state index contributed by atoms with van der Waals surface area (Å²) in [5.41, 5.74) is 0.646. The Morgan fingerprint density at radius 2 is 1.76 bits per heavy atom. The van der Waals surface area contributed by atoms with E-state index in [9.17, 15) is 8.78 Å². The number of hydrogen-bond donors (Lipinski definition) is 0. The maximum atomic E-state index is 13.7. The second-order valence-corrected chi connectivity index (χ2v) is 6.30. The lowest BCUT2D eigenvalue weighted by Gasteiger charge is -2.15. The van der Waals surface area contributed by atoms with Gasteiger partial charge in [-0.1, -0.05) is 45.2 Å². The van der Waals surface area contributed by atoms with Gasteiger partial charge in [-0.25, -0.2) is 8.78 Å². The van der Waals surface area contributed by atoms with Crippen LogP contribution in [0.3, 0.4) is 0 Å². The molecule has 21 heavy (non-hydrogen) atoms. The summed E-state index contributed by atoms with van der Waals surface area (Å²) in [7, 11) is 1.48. The van der Waals surface area contributed by atoms with Crippen molar-refractivity contribution in [3.63, 3.8) is 0 Å². The number of halogens is 5. The van der Waals surface area contributed by atoms with E-state index < -0.39 is 11.6 Å². The maximum Gasteiger partial charge on any atom is 0.138 e. The van der Waals surface area contributed by atoms with E-state index >= 15 is 0 Å². The smallest absolute Gasteiger partial charge is 0.138 e. The highest BCUT2D eigenvalue weighted by atomic mass is 79.9. The maximum absolute atomic E-state index is 13.7. The van der Waals surface area contributed by atoms with Crippen LogP contribution in [0.2, 0.25) is 10.0 Å². The topological polar surface area (TPSA) is 9.23 Å². The van der Waals surface area contributed by atoms with Crippen LogP contribution in [0.1, 0.15) is 16.0 Å². The van der Waals surface area contributed by atoms with Gasteiger partial charge in [0.1, 0.15) is 17.4 Å². The SMILES string of the molecule is COc1cc(Cl)c(C(Br)Cc2c(F)cccc2F)cc1Cl. The van der Waals surface area contributed by atoms with Crippen molar-refractivity contribution in [1.29, 1.82) is 0 Å². The van der Waals surface area contributed by atoms with Crippen LogP contribution in [0.5, 0.6) is 5.75 Å². The third-order valence-corrected chi connectivity index (χ3v) is 4.49. The van der Waals surface area contributed by atoms with Crippen LogP contribution in [-0.2, 0) is 6.42 Å². The summed E-state index contributed by atoms with van der Waals surface area (Å²) >= 11 is 15.6. The molecule has 0 spiro atoms. The van der Waals surface area contributed by atoms with E-state index in [4.69, 9.17) is 27.9 Å². The fourth-order valence-electron chi connectivity index (χ4n) is 1.96. The van der Waals surface area contributed by atoms with E-state index in [0.717, 1.165) is 0 Å². The van der Waals surface area contributed by atoms with Crippen molar-refractivity contribution in [3.05, 3.63) is 63.1 Å². The Balaban J connectivity index is 2.33. The van der Waals surface area contributed by atoms with E-state index in [1.165, 1.54) is 25.3 Å². The summed E-state index contributed by atoms with van der Waals surface area (Å²) in [4.78, 5) is -0.375. The van der Waals surface area contributed by atoms with Gasteiger partial charge in [0.15, 0.2) is 0 Å². The van der Waals surface area contributed by atoms with Gasteiger partial charge in [0.25, 0.3) is 0 Å². The molecule has 0 fully saturated rings. The molecule has 2 aromatic rings. The van der Waals surface area contributed by atoms with Crippen molar-refractivity contribution in [2.24, 2.45) is 0 Å². The third kappa shape index (κ3) is 3.68. The highest BCUT2D eigenvalue weighted by Crippen LogP contribution is 2.38. The number of methoxy groups -OCH3 is 1. The Hall–Kier alpha value is -0.840. The first-order valence-electron chi connectivity index (χ1n) is 6.04. The minimum absolute atomic E-state index is 0.00221. The molecule has 2 aromatic carbocycles. The average Bonchev–Trinajstić information content (AvgIpc) is 2.44. The monoisotopic (exact) mass is 394 g/mol. The lowest BCUT2D eigenvalue weighted by molar-refractivity contribution is 0.415. The zero-order valence-electron chi connectivity index (χ0n) is 11.0. The molecule has 0 N–H and O–H groups in total. The standard InChI is InChI=1S/C15H11BrCl2F2O/c1-21-15-7-11(17)8(6-12(15)18)10(16)5-9-13(19)3-2-4-14(9)20/h2-4,6-7,10H,5H2,1H3. The minimum atomic E-state index is -0.588. The predicted molar refractivity (Wildman–Crippen MR) is 84.7 cm³/mol. The molecule has 0 aliphatic rings. The molecule has 1 nitrogen and oxygen atoms in total. The van der Waals surface area contributed by atoms with E-state index in [2.05, 4.69) is 15.9 Å². The molecule has 1 unspecified atom stereocenters. The van der Waals surface area contributed by atoms with Gasteiger partial charge >= 0.3 is 0 Å². The van der Waals surface area contributed by atoms with Gasteiger partial charge < -0.3 is 4.74 Å². The summed E-state index contributed by atoms with van der Waals surface area (Å²) in [6.07, 6.45) is 0.112. The molecular formula is C15H11BrCl2F2O. The molecule has 2 rings (SSSR count). The first-order valence-corrected chi connectivity index (χ1v) is 7.71. The zero-order chi connectivity index (χ0) is 15.6. The fraction of sp³-hybridized carbons (Fsp3) is 0.200. The Labute approximate surface area is 140 Å². The molecule has 0 aliphatic carbocycles. The average molecular weight is 396 g/mol. The number of ether oxygens (including phenoxy) is 1. The fourth-order valence-corrected chi connectivity index (χ4v) is 3.33. The van der Waals surface area contributed by atoms with E-state index in [1.807, 2.05) is 0 Å². The van der Waals surface area contributed by atoms with E-state index in [0.29, 0.717) is 21.4 Å². The molecule has 0 saturated heterocycles. The third-order valence-electron chi connectivity index (χ3n) is 3.05. The highest BCUT2D eigenvalue weighted by Gasteiger charge is 2.19. The van der Waals surface area contributed by atoms with Crippen molar-refractivity contribution >= 4 is 39.1 Å². The lowest BCUT2D eigenvalue weighted by Crippen LogP contribution is -2.02. The van der Waals surface area contributed by atoms with Crippen LogP contribution >= 0.6 is 39.1 Å². The Kier molecular flexibility index (Phi) is 5.47. The summed E-state index contributed by atoms with van der Waals surface area (Å²) in [5, 5.41) is 0.797. The van der Waals surface area contributed by atoms with Crippen molar-refractivity contribution in [1.82, 2.24) is 0 Å². The molecule has 6 heteroatoms. The van der Waals surface area contributed by atoms with Gasteiger partial charge in [0.2, 0.25) is 0 Å². The molecule has 0 saturated carbocycles. The zero-order valence-corrected chi connectivity index (χ0v) is 14.1. The van der Waals surface area contributed by atoms with Gasteiger partial charge in [0.05, 0.1) is 12.1 Å².